The molecule has 0 saturated heterocycles. The van der Waals surface area contributed by atoms with E-state index in [9.17, 15) is 5.11 Å². The van der Waals surface area contributed by atoms with Gasteiger partial charge < -0.3 is 10.2 Å². The SMILES string of the molecule is CC(C)=CC[C@](C)(O)CO. The smallest absolute Gasteiger partial charge is 0.0883 e. The minimum atomic E-state index is -0.947. The average molecular weight is 144 g/mol. The van der Waals surface area contributed by atoms with Gasteiger partial charge >= 0.3 is 0 Å². The van der Waals surface area contributed by atoms with Crippen LogP contribution in [0.3, 0.4) is 0 Å². The summed E-state index contributed by atoms with van der Waals surface area (Å²) in [6, 6.07) is 0. The number of hydrogen-bond acceptors (Lipinski definition) is 2. The van der Waals surface area contributed by atoms with Gasteiger partial charge in [0, 0.05) is 0 Å². The van der Waals surface area contributed by atoms with Crippen LogP contribution in [0.25, 0.3) is 0 Å². The fraction of sp³-hybridized carbons (Fsp3) is 0.750. The van der Waals surface area contributed by atoms with E-state index in [1.165, 1.54) is 0 Å². The van der Waals surface area contributed by atoms with Crippen molar-refractivity contribution in [1.82, 2.24) is 0 Å². The number of aliphatic hydroxyl groups excluding tert-OH is 1. The van der Waals surface area contributed by atoms with Gasteiger partial charge in [-0.05, 0) is 27.2 Å². The monoisotopic (exact) mass is 144 g/mol. The van der Waals surface area contributed by atoms with Crippen molar-refractivity contribution in [2.75, 3.05) is 6.61 Å². The van der Waals surface area contributed by atoms with Crippen molar-refractivity contribution in [1.29, 1.82) is 0 Å². The van der Waals surface area contributed by atoms with Crippen molar-refractivity contribution in [2.24, 2.45) is 0 Å². The highest BCUT2D eigenvalue weighted by Gasteiger charge is 2.16. The molecule has 0 rings (SSSR count). The molecule has 1 atom stereocenters. The third-order valence-corrected chi connectivity index (χ3v) is 1.29. The Kier molecular flexibility index (Phi) is 3.61. The molecule has 0 saturated carbocycles. The van der Waals surface area contributed by atoms with Gasteiger partial charge in [0.2, 0.25) is 0 Å². The van der Waals surface area contributed by atoms with Gasteiger partial charge in [0.15, 0.2) is 0 Å². The van der Waals surface area contributed by atoms with Crippen LogP contribution in [0.5, 0.6) is 0 Å². The second kappa shape index (κ2) is 3.74. The quantitative estimate of drug-likeness (QED) is 0.582. The van der Waals surface area contributed by atoms with Gasteiger partial charge in [-0.25, -0.2) is 0 Å². The van der Waals surface area contributed by atoms with Crippen molar-refractivity contribution in [2.45, 2.75) is 32.8 Å². The molecular weight excluding hydrogens is 128 g/mol. The van der Waals surface area contributed by atoms with Crippen LogP contribution in [0.2, 0.25) is 0 Å². The predicted octanol–water partition coefficient (Wildman–Crippen LogP) is 1.09. The summed E-state index contributed by atoms with van der Waals surface area (Å²) in [4.78, 5) is 0. The van der Waals surface area contributed by atoms with Crippen LogP contribution in [0.1, 0.15) is 27.2 Å². The number of hydrogen-bond donors (Lipinski definition) is 2. The maximum absolute atomic E-state index is 9.28. The van der Waals surface area contributed by atoms with E-state index in [0.29, 0.717) is 6.42 Å². The standard InChI is InChI=1S/C8H16O2/c1-7(2)4-5-8(3,10)6-9/h4,9-10H,5-6H2,1-3H3/t8-/m0/s1. The van der Waals surface area contributed by atoms with E-state index in [4.69, 9.17) is 5.11 Å². The molecule has 2 heteroatoms. The second-order valence-corrected chi connectivity index (χ2v) is 3.14. The van der Waals surface area contributed by atoms with Gasteiger partial charge in [-0.2, -0.15) is 0 Å². The summed E-state index contributed by atoms with van der Waals surface area (Å²) in [5, 5.41) is 17.9. The molecular formula is C8H16O2. The zero-order valence-corrected chi connectivity index (χ0v) is 6.89. The maximum Gasteiger partial charge on any atom is 0.0883 e. The van der Waals surface area contributed by atoms with Gasteiger partial charge in [-0.15, -0.1) is 0 Å². The summed E-state index contributed by atoms with van der Waals surface area (Å²) in [7, 11) is 0. The van der Waals surface area contributed by atoms with Gasteiger partial charge in [-0.3, -0.25) is 0 Å². The summed E-state index contributed by atoms with van der Waals surface area (Å²) < 4.78 is 0. The lowest BCUT2D eigenvalue weighted by Crippen LogP contribution is -2.27. The second-order valence-electron chi connectivity index (χ2n) is 3.14. The molecule has 0 fully saturated rings. The van der Waals surface area contributed by atoms with E-state index in [1.807, 2.05) is 19.9 Å². The minimum absolute atomic E-state index is 0.184. The fourth-order valence-electron chi connectivity index (χ4n) is 0.489. The predicted molar refractivity (Wildman–Crippen MR) is 41.8 cm³/mol. The zero-order chi connectivity index (χ0) is 8.20. The van der Waals surface area contributed by atoms with Crippen LogP contribution in [0.4, 0.5) is 0 Å². The molecule has 0 bridgehead atoms. The third kappa shape index (κ3) is 4.53. The molecule has 0 aliphatic heterocycles. The number of rotatable bonds is 3. The van der Waals surface area contributed by atoms with E-state index in [2.05, 4.69) is 0 Å². The Bertz CT molecular complexity index is 121. The van der Waals surface area contributed by atoms with Crippen LogP contribution >= 0.6 is 0 Å². The molecule has 0 unspecified atom stereocenters. The Morgan fingerprint density at radius 1 is 1.50 bits per heavy atom. The Morgan fingerprint density at radius 3 is 2.30 bits per heavy atom. The number of allylic oxidation sites excluding steroid dienone is 1. The Balaban J connectivity index is 3.78. The van der Waals surface area contributed by atoms with Crippen LogP contribution < -0.4 is 0 Å². The first kappa shape index (κ1) is 9.66. The normalized spacial score (nSPS) is 16.1. The van der Waals surface area contributed by atoms with Crippen molar-refractivity contribution in [3.05, 3.63) is 11.6 Å². The Hall–Kier alpha value is -0.340. The van der Waals surface area contributed by atoms with E-state index in [1.54, 1.807) is 6.92 Å². The van der Waals surface area contributed by atoms with Gasteiger partial charge in [0.25, 0.3) is 0 Å². The van der Waals surface area contributed by atoms with Crippen LogP contribution in [0.15, 0.2) is 11.6 Å². The molecule has 0 aliphatic carbocycles. The average Bonchev–Trinajstić information content (AvgIpc) is 1.85. The highest BCUT2D eigenvalue weighted by Crippen LogP contribution is 2.09. The molecule has 0 aromatic rings. The Labute approximate surface area is 62.2 Å². The van der Waals surface area contributed by atoms with Crippen LogP contribution in [-0.4, -0.2) is 22.4 Å². The van der Waals surface area contributed by atoms with Crippen molar-refractivity contribution in [3.63, 3.8) is 0 Å². The minimum Gasteiger partial charge on any atom is -0.393 e. The van der Waals surface area contributed by atoms with Gasteiger partial charge in [-0.1, -0.05) is 11.6 Å². The lowest BCUT2D eigenvalue weighted by molar-refractivity contribution is 0.00438. The molecule has 0 spiro atoms. The summed E-state index contributed by atoms with van der Waals surface area (Å²) in [5.74, 6) is 0. The molecule has 0 heterocycles. The van der Waals surface area contributed by atoms with E-state index >= 15 is 0 Å². The largest absolute Gasteiger partial charge is 0.393 e. The van der Waals surface area contributed by atoms with Crippen molar-refractivity contribution < 1.29 is 10.2 Å². The molecule has 0 amide bonds. The molecule has 0 aliphatic rings. The zero-order valence-electron chi connectivity index (χ0n) is 6.89. The lowest BCUT2D eigenvalue weighted by Gasteiger charge is -2.17. The molecule has 2 nitrogen and oxygen atoms in total. The lowest BCUT2D eigenvalue weighted by atomic mass is 10.0. The molecule has 0 radical (unpaired) electrons. The highest BCUT2D eigenvalue weighted by molar-refractivity contribution is 4.96. The molecule has 0 aromatic carbocycles. The first-order valence-corrected chi connectivity index (χ1v) is 3.44. The first-order chi connectivity index (χ1) is 4.48. The van der Waals surface area contributed by atoms with E-state index in [-0.39, 0.29) is 6.61 Å². The summed E-state index contributed by atoms with van der Waals surface area (Å²) in [6.45, 7) is 5.37. The molecule has 2 N–H and O–H groups in total. The van der Waals surface area contributed by atoms with E-state index < -0.39 is 5.60 Å². The fourth-order valence-corrected chi connectivity index (χ4v) is 0.489. The van der Waals surface area contributed by atoms with E-state index in [0.717, 1.165) is 5.57 Å². The maximum atomic E-state index is 9.28. The van der Waals surface area contributed by atoms with Crippen molar-refractivity contribution in [3.8, 4) is 0 Å². The molecule has 60 valence electrons. The third-order valence-electron chi connectivity index (χ3n) is 1.29. The first-order valence-electron chi connectivity index (χ1n) is 3.44. The van der Waals surface area contributed by atoms with Crippen LogP contribution in [0, 0.1) is 0 Å². The Morgan fingerprint density at radius 2 is 2.00 bits per heavy atom. The summed E-state index contributed by atoms with van der Waals surface area (Å²) in [6.07, 6.45) is 2.43. The molecule has 10 heavy (non-hydrogen) atoms. The highest BCUT2D eigenvalue weighted by atomic mass is 16.3. The molecule has 0 aromatic heterocycles. The van der Waals surface area contributed by atoms with Gasteiger partial charge in [0.05, 0.1) is 12.2 Å². The van der Waals surface area contributed by atoms with Crippen LogP contribution in [-0.2, 0) is 0 Å². The summed E-state index contributed by atoms with van der Waals surface area (Å²) in [5.41, 5.74) is 0.214. The summed E-state index contributed by atoms with van der Waals surface area (Å²) >= 11 is 0. The van der Waals surface area contributed by atoms with Gasteiger partial charge in [0.1, 0.15) is 0 Å². The number of aliphatic hydroxyl groups is 2. The topological polar surface area (TPSA) is 40.5 Å². The van der Waals surface area contributed by atoms with Crippen molar-refractivity contribution >= 4 is 0 Å².